The lowest BCUT2D eigenvalue weighted by Gasteiger charge is -2.10. The second-order valence-corrected chi connectivity index (χ2v) is 4.18. The molecule has 1 aromatic heterocycles. The Morgan fingerprint density at radius 2 is 1.95 bits per heavy atom. The Morgan fingerprint density at radius 1 is 1.16 bits per heavy atom. The van der Waals surface area contributed by atoms with Gasteiger partial charge < -0.3 is 4.74 Å². The number of aromatic nitrogens is 2. The van der Waals surface area contributed by atoms with Crippen molar-refractivity contribution in [1.29, 1.82) is 5.26 Å². The average molecular weight is 254 g/mol. The topological polar surface area (TPSA) is 70.8 Å². The Hall–Kier alpha value is -2.61. The van der Waals surface area contributed by atoms with Gasteiger partial charge in [0.05, 0.1) is 12.8 Å². The monoisotopic (exact) mass is 254 g/mol. The van der Waals surface area contributed by atoms with Crippen LogP contribution in [0.1, 0.15) is 11.1 Å². The van der Waals surface area contributed by atoms with Crippen molar-refractivity contribution in [3.05, 3.63) is 35.4 Å². The van der Waals surface area contributed by atoms with Gasteiger partial charge in [-0.25, -0.2) is 0 Å². The van der Waals surface area contributed by atoms with Crippen molar-refractivity contribution in [3.8, 4) is 23.2 Å². The first-order valence-electron chi connectivity index (χ1n) is 5.80. The quantitative estimate of drug-likeness (QED) is 0.673. The van der Waals surface area contributed by atoms with E-state index >= 15 is 0 Å². The first-order valence-corrected chi connectivity index (χ1v) is 5.80. The van der Waals surface area contributed by atoms with Crippen molar-refractivity contribution in [2.45, 2.75) is 13.8 Å². The normalized spacial score (nSPS) is 9.79. The minimum Gasteiger partial charge on any atom is -0.496 e. The fourth-order valence-corrected chi connectivity index (χ4v) is 1.89. The fourth-order valence-electron chi connectivity index (χ4n) is 1.89. The van der Waals surface area contributed by atoms with Crippen LogP contribution in [0.2, 0.25) is 0 Å². The molecule has 0 fully saturated rings. The molecule has 0 radical (unpaired) electrons. The molecule has 1 aromatic carbocycles. The molecular formula is C14H14N4O. The van der Waals surface area contributed by atoms with Crippen LogP contribution in [0.4, 0.5) is 5.82 Å². The molecule has 1 heterocycles. The number of nitriles is 1. The summed E-state index contributed by atoms with van der Waals surface area (Å²) in [5, 5.41) is 19.0. The van der Waals surface area contributed by atoms with Crippen molar-refractivity contribution in [3.63, 3.8) is 0 Å². The van der Waals surface area contributed by atoms with Gasteiger partial charge in [-0.1, -0.05) is 0 Å². The zero-order valence-electron chi connectivity index (χ0n) is 11.1. The fraction of sp³-hybridized carbons (Fsp3) is 0.214. The van der Waals surface area contributed by atoms with Crippen molar-refractivity contribution in [1.82, 2.24) is 10.2 Å². The van der Waals surface area contributed by atoms with Crippen molar-refractivity contribution >= 4 is 5.82 Å². The van der Waals surface area contributed by atoms with Crippen molar-refractivity contribution in [2.75, 3.05) is 12.4 Å². The Morgan fingerprint density at radius 3 is 2.53 bits per heavy atom. The van der Waals surface area contributed by atoms with Gasteiger partial charge >= 0.3 is 0 Å². The van der Waals surface area contributed by atoms with E-state index in [1.807, 2.05) is 38.2 Å². The molecule has 0 aliphatic rings. The number of methoxy groups -OCH3 is 1. The van der Waals surface area contributed by atoms with E-state index in [1.54, 1.807) is 13.2 Å². The second kappa shape index (κ2) is 5.36. The van der Waals surface area contributed by atoms with Crippen molar-refractivity contribution < 1.29 is 4.74 Å². The van der Waals surface area contributed by atoms with E-state index in [1.165, 1.54) is 0 Å². The highest BCUT2D eigenvalue weighted by atomic mass is 16.5. The number of aryl methyl sites for hydroxylation is 2. The number of rotatable bonds is 3. The highest BCUT2D eigenvalue weighted by molar-refractivity contribution is 5.66. The molecule has 5 heteroatoms. The van der Waals surface area contributed by atoms with E-state index in [0.717, 1.165) is 28.1 Å². The number of hydrogen-bond donors (Lipinski definition) is 1. The minimum absolute atomic E-state index is 0.439. The van der Waals surface area contributed by atoms with Crippen molar-refractivity contribution in [2.24, 2.45) is 0 Å². The van der Waals surface area contributed by atoms with Gasteiger partial charge in [-0.15, -0.1) is 10.2 Å². The lowest BCUT2D eigenvalue weighted by Crippen LogP contribution is -1.97. The molecule has 0 aliphatic carbocycles. The van der Waals surface area contributed by atoms with Gasteiger partial charge in [-0.2, -0.15) is 5.26 Å². The predicted molar refractivity (Wildman–Crippen MR) is 72.7 cm³/mol. The zero-order valence-corrected chi connectivity index (χ0v) is 11.1. The van der Waals surface area contributed by atoms with Gasteiger partial charge in [-0.3, -0.25) is 5.32 Å². The molecule has 0 amide bonds. The van der Waals surface area contributed by atoms with Gasteiger partial charge in [0.15, 0.2) is 12.0 Å². The summed E-state index contributed by atoms with van der Waals surface area (Å²) in [5.41, 5.74) is 3.89. The molecule has 0 saturated carbocycles. The standard InChI is InChI=1S/C14H14N4O/c1-9-7-13(19-3)10(2)6-11(9)12-4-5-14(16-8-15)18-17-12/h4-7H,1-3H3,(H,16,18). The van der Waals surface area contributed by atoms with Crippen LogP contribution < -0.4 is 10.1 Å². The summed E-state index contributed by atoms with van der Waals surface area (Å²) < 4.78 is 5.29. The molecule has 96 valence electrons. The van der Waals surface area contributed by atoms with Crippen LogP contribution >= 0.6 is 0 Å². The number of hydrogen-bond acceptors (Lipinski definition) is 5. The highest BCUT2D eigenvalue weighted by Crippen LogP contribution is 2.28. The third kappa shape index (κ3) is 2.63. The molecule has 0 saturated heterocycles. The largest absolute Gasteiger partial charge is 0.496 e. The Labute approximate surface area is 111 Å². The summed E-state index contributed by atoms with van der Waals surface area (Å²) in [5.74, 6) is 1.30. The van der Waals surface area contributed by atoms with Crippen LogP contribution in [0.3, 0.4) is 0 Å². The maximum absolute atomic E-state index is 8.50. The average Bonchev–Trinajstić information content (AvgIpc) is 2.42. The van der Waals surface area contributed by atoms with Crippen LogP contribution in [0.15, 0.2) is 24.3 Å². The zero-order chi connectivity index (χ0) is 13.8. The number of anilines is 1. The molecule has 2 rings (SSSR count). The van der Waals surface area contributed by atoms with Gasteiger partial charge in [0.2, 0.25) is 0 Å². The maximum atomic E-state index is 8.50. The molecule has 0 atom stereocenters. The molecule has 0 spiro atoms. The molecule has 0 aliphatic heterocycles. The molecule has 0 bridgehead atoms. The summed E-state index contributed by atoms with van der Waals surface area (Å²) in [6.07, 6.45) is 1.81. The Balaban J connectivity index is 2.42. The Bertz CT molecular complexity index is 629. The number of nitrogens with zero attached hydrogens (tertiary/aromatic N) is 3. The molecule has 2 aromatic rings. The van der Waals surface area contributed by atoms with Crippen LogP contribution in [0, 0.1) is 25.3 Å². The van der Waals surface area contributed by atoms with E-state index in [-0.39, 0.29) is 0 Å². The lowest BCUT2D eigenvalue weighted by molar-refractivity contribution is 0.411. The second-order valence-electron chi connectivity index (χ2n) is 4.18. The third-order valence-electron chi connectivity index (χ3n) is 2.87. The van der Waals surface area contributed by atoms with Crippen LogP contribution in [0.5, 0.6) is 5.75 Å². The van der Waals surface area contributed by atoms with Gasteiger partial charge in [-0.05, 0) is 49.2 Å². The van der Waals surface area contributed by atoms with E-state index in [9.17, 15) is 0 Å². The molecule has 0 unspecified atom stereocenters. The first-order chi connectivity index (χ1) is 9.15. The van der Waals surface area contributed by atoms with Gasteiger partial charge in [0, 0.05) is 5.56 Å². The van der Waals surface area contributed by atoms with Crippen LogP contribution in [0.25, 0.3) is 11.3 Å². The highest BCUT2D eigenvalue weighted by Gasteiger charge is 2.08. The Kier molecular flexibility index (Phi) is 3.62. The summed E-state index contributed by atoms with van der Waals surface area (Å²) in [4.78, 5) is 0. The number of benzene rings is 1. The lowest BCUT2D eigenvalue weighted by atomic mass is 10.0. The predicted octanol–water partition coefficient (Wildman–Crippen LogP) is 2.66. The maximum Gasteiger partial charge on any atom is 0.182 e. The number of ether oxygens (including phenoxy) is 1. The summed E-state index contributed by atoms with van der Waals surface area (Å²) >= 11 is 0. The molecular weight excluding hydrogens is 240 g/mol. The molecule has 19 heavy (non-hydrogen) atoms. The van der Waals surface area contributed by atoms with Crippen LogP contribution in [-0.2, 0) is 0 Å². The third-order valence-corrected chi connectivity index (χ3v) is 2.87. The number of nitrogens with one attached hydrogen (secondary N) is 1. The summed E-state index contributed by atoms with van der Waals surface area (Å²) in [6, 6.07) is 7.56. The smallest absolute Gasteiger partial charge is 0.182 e. The molecule has 5 nitrogen and oxygen atoms in total. The van der Waals surface area contributed by atoms with Gasteiger partial charge in [0.1, 0.15) is 5.75 Å². The molecule has 1 N–H and O–H groups in total. The van der Waals surface area contributed by atoms with Gasteiger partial charge in [0.25, 0.3) is 0 Å². The summed E-state index contributed by atoms with van der Waals surface area (Å²) in [6.45, 7) is 3.99. The SMILES string of the molecule is COc1cc(C)c(-c2ccc(NC#N)nn2)cc1C. The van der Waals surface area contributed by atoms with E-state index in [4.69, 9.17) is 10.00 Å². The van der Waals surface area contributed by atoms with Crippen LogP contribution in [-0.4, -0.2) is 17.3 Å². The summed E-state index contributed by atoms with van der Waals surface area (Å²) in [7, 11) is 1.66. The minimum atomic E-state index is 0.439. The first kappa shape index (κ1) is 12.8. The van der Waals surface area contributed by atoms with E-state index < -0.39 is 0 Å². The van der Waals surface area contributed by atoms with E-state index in [2.05, 4.69) is 15.5 Å². The van der Waals surface area contributed by atoms with E-state index in [0.29, 0.717) is 5.82 Å².